The van der Waals surface area contributed by atoms with Crippen LogP contribution >= 0.6 is 23.2 Å². The van der Waals surface area contributed by atoms with Crippen molar-refractivity contribution >= 4 is 40.6 Å². The molecule has 0 aliphatic carbocycles. The van der Waals surface area contributed by atoms with Crippen LogP contribution in [0, 0.1) is 0 Å². The van der Waals surface area contributed by atoms with Crippen molar-refractivity contribution in [3.05, 3.63) is 58.1 Å². The summed E-state index contributed by atoms with van der Waals surface area (Å²) in [5.74, 6) is -0.222. The summed E-state index contributed by atoms with van der Waals surface area (Å²) in [6.45, 7) is 2.02. The summed E-state index contributed by atoms with van der Waals surface area (Å²) in [7, 11) is 0. The number of hydrogen-bond acceptors (Lipinski definition) is 4. The zero-order valence-electron chi connectivity index (χ0n) is 14.7. The fourth-order valence-electron chi connectivity index (χ4n) is 3.24. The lowest BCUT2D eigenvalue weighted by molar-refractivity contribution is -0.141. The van der Waals surface area contributed by atoms with Gasteiger partial charge in [0.05, 0.1) is 17.3 Å². The topological polar surface area (TPSA) is 66.8 Å². The van der Waals surface area contributed by atoms with Crippen LogP contribution in [0.5, 0.6) is 5.75 Å². The minimum Gasteiger partial charge on any atom is -0.492 e. The van der Waals surface area contributed by atoms with Crippen LogP contribution in [0.2, 0.25) is 10.0 Å². The zero-order chi connectivity index (χ0) is 19.6. The molecule has 1 aliphatic rings. The van der Waals surface area contributed by atoms with Crippen LogP contribution in [-0.2, 0) is 15.2 Å². The number of rotatable bonds is 7. The van der Waals surface area contributed by atoms with Crippen molar-refractivity contribution in [3.63, 3.8) is 0 Å². The molecule has 0 saturated heterocycles. The van der Waals surface area contributed by atoms with E-state index >= 15 is 0 Å². The molecule has 0 spiro atoms. The minimum absolute atomic E-state index is 0.277. The first-order chi connectivity index (χ1) is 12.8. The Morgan fingerprint density at radius 2 is 1.96 bits per heavy atom. The van der Waals surface area contributed by atoms with Gasteiger partial charge in [0, 0.05) is 23.6 Å². The lowest BCUT2D eigenvalue weighted by atomic mass is 9.90. The Bertz CT molecular complexity index is 886. The summed E-state index contributed by atoms with van der Waals surface area (Å²) in [6.07, 6.45) is 0.237. The highest BCUT2D eigenvalue weighted by Gasteiger charge is 2.50. The van der Waals surface area contributed by atoms with Crippen LogP contribution in [0.15, 0.2) is 42.5 Å². The number of Topliss-reactive ketones (excluding diaryl/α,β-unsaturated/α-hetero) is 1. The highest BCUT2D eigenvalue weighted by molar-refractivity contribution is 6.32. The van der Waals surface area contributed by atoms with Crippen LogP contribution in [0.1, 0.15) is 25.3 Å². The van der Waals surface area contributed by atoms with Crippen molar-refractivity contribution in [2.24, 2.45) is 0 Å². The third-order valence-corrected chi connectivity index (χ3v) is 4.97. The fourth-order valence-corrected chi connectivity index (χ4v) is 3.60. The predicted octanol–water partition coefficient (Wildman–Crippen LogP) is 3.98. The average molecular weight is 408 g/mol. The first-order valence-corrected chi connectivity index (χ1v) is 9.29. The van der Waals surface area contributed by atoms with Crippen molar-refractivity contribution < 1.29 is 19.4 Å². The Balaban J connectivity index is 1.73. The molecule has 1 atom stereocenters. The molecule has 0 aromatic heterocycles. The largest absolute Gasteiger partial charge is 0.492 e. The highest BCUT2D eigenvalue weighted by Crippen LogP contribution is 2.43. The molecule has 7 heteroatoms. The molecule has 0 radical (unpaired) electrons. The molecular weight excluding hydrogens is 389 g/mol. The Hall–Kier alpha value is -2.08. The van der Waals surface area contributed by atoms with Gasteiger partial charge in [-0.05, 0) is 43.7 Å². The van der Waals surface area contributed by atoms with E-state index in [1.54, 1.807) is 24.3 Å². The number of halogens is 2. The van der Waals surface area contributed by atoms with E-state index < -0.39 is 11.5 Å². The predicted molar refractivity (Wildman–Crippen MR) is 105 cm³/mol. The summed E-state index contributed by atoms with van der Waals surface area (Å²) in [4.78, 5) is 25.9. The van der Waals surface area contributed by atoms with Gasteiger partial charge in [0.2, 0.25) is 0 Å². The van der Waals surface area contributed by atoms with Crippen molar-refractivity contribution in [1.29, 1.82) is 0 Å². The Kier molecular flexibility index (Phi) is 5.75. The zero-order valence-corrected chi connectivity index (χ0v) is 16.3. The molecule has 3 rings (SSSR count). The molecule has 1 aliphatic heterocycles. The average Bonchev–Trinajstić information content (AvgIpc) is 2.81. The van der Waals surface area contributed by atoms with E-state index in [1.807, 2.05) is 12.1 Å². The molecule has 0 bridgehead atoms. The summed E-state index contributed by atoms with van der Waals surface area (Å²) in [5, 5.41) is 11.8. The number of nitrogens with zero attached hydrogens (tertiary/aromatic N) is 1. The lowest BCUT2D eigenvalue weighted by Crippen LogP contribution is -2.42. The van der Waals surface area contributed by atoms with Crippen molar-refractivity contribution in [1.82, 2.24) is 0 Å². The third kappa shape index (κ3) is 3.95. The van der Waals surface area contributed by atoms with Crippen LogP contribution < -0.4 is 9.64 Å². The second-order valence-electron chi connectivity index (χ2n) is 6.49. The number of carbonyl (C=O) groups excluding carboxylic acids is 2. The van der Waals surface area contributed by atoms with Gasteiger partial charge in [-0.15, -0.1) is 0 Å². The van der Waals surface area contributed by atoms with E-state index in [2.05, 4.69) is 0 Å². The van der Waals surface area contributed by atoms with E-state index in [-0.39, 0.29) is 12.2 Å². The second kappa shape index (κ2) is 7.89. The van der Waals surface area contributed by atoms with Gasteiger partial charge in [0.25, 0.3) is 5.91 Å². The SMILES string of the molecule is CC(=O)C[C@]1(O)C(=O)N(CCCOc2ccccc2Cl)c2ccc(Cl)cc21. The van der Waals surface area contributed by atoms with Gasteiger partial charge in [-0.1, -0.05) is 35.3 Å². The monoisotopic (exact) mass is 407 g/mol. The van der Waals surface area contributed by atoms with E-state index in [1.165, 1.54) is 17.9 Å². The molecule has 27 heavy (non-hydrogen) atoms. The number of carbonyl (C=O) groups is 2. The Morgan fingerprint density at radius 3 is 2.67 bits per heavy atom. The van der Waals surface area contributed by atoms with Gasteiger partial charge >= 0.3 is 0 Å². The quantitative estimate of drug-likeness (QED) is 0.704. The maximum Gasteiger partial charge on any atom is 0.264 e. The standard InChI is InChI=1S/C20H19Cl2NO4/c1-13(24)12-20(26)15-11-14(21)7-8-17(15)23(19(20)25)9-4-10-27-18-6-3-2-5-16(18)22/h2-3,5-8,11,26H,4,9-10,12H2,1H3/t20-/m1/s1. The van der Waals surface area contributed by atoms with Crippen LogP contribution in [0.3, 0.4) is 0 Å². The van der Waals surface area contributed by atoms with Gasteiger partial charge in [0.15, 0.2) is 5.60 Å². The molecule has 1 heterocycles. The first kappa shape index (κ1) is 19.7. The van der Waals surface area contributed by atoms with Gasteiger partial charge in [0.1, 0.15) is 11.5 Å². The molecule has 1 amide bonds. The lowest BCUT2D eigenvalue weighted by Gasteiger charge is -2.22. The third-order valence-electron chi connectivity index (χ3n) is 4.42. The van der Waals surface area contributed by atoms with Crippen LogP contribution in [0.4, 0.5) is 5.69 Å². The summed E-state index contributed by atoms with van der Waals surface area (Å²) < 4.78 is 5.65. The van der Waals surface area contributed by atoms with Gasteiger partial charge in [-0.25, -0.2) is 0 Å². The molecule has 0 fully saturated rings. The summed E-state index contributed by atoms with van der Waals surface area (Å²) >= 11 is 12.1. The number of ether oxygens (including phenoxy) is 1. The van der Waals surface area contributed by atoms with Crippen molar-refractivity contribution in [3.8, 4) is 5.75 Å². The summed E-state index contributed by atoms with van der Waals surface area (Å²) in [6, 6.07) is 12.0. The molecule has 0 saturated carbocycles. The maximum atomic E-state index is 12.9. The number of aliphatic hydroxyl groups is 1. The molecule has 0 unspecified atom stereocenters. The Labute approximate surface area is 167 Å². The number of benzene rings is 2. The number of ketones is 1. The smallest absolute Gasteiger partial charge is 0.264 e. The molecular formula is C20H19Cl2NO4. The molecule has 2 aromatic rings. The molecule has 1 N–H and O–H groups in total. The minimum atomic E-state index is -1.88. The molecule has 5 nitrogen and oxygen atoms in total. The first-order valence-electron chi connectivity index (χ1n) is 8.54. The van der Waals surface area contributed by atoms with E-state index in [4.69, 9.17) is 27.9 Å². The van der Waals surface area contributed by atoms with Crippen LogP contribution in [-0.4, -0.2) is 29.9 Å². The molecule has 2 aromatic carbocycles. The summed E-state index contributed by atoms with van der Waals surface area (Å²) in [5.41, 5.74) is -0.955. The van der Waals surface area contributed by atoms with Gasteiger partial charge < -0.3 is 14.7 Å². The number of anilines is 1. The van der Waals surface area contributed by atoms with E-state index in [9.17, 15) is 14.7 Å². The van der Waals surface area contributed by atoms with Crippen molar-refractivity contribution in [2.75, 3.05) is 18.1 Å². The number of amides is 1. The van der Waals surface area contributed by atoms with Gasteiger partial charge in [-0.2, -0.15) is 0 Å². The normalized spacial score (nSPS) is 18.5. The van der Waals surface area contributed by atoms with Crippen LogP contribution in [0.25, 0.3) is 0 Å². The van der Waals surface area contributed by atoms with E-state index in [0.717, 1.165) is 0 Å². The van der Waals surface area contributed by atoms with Crippen molar-refractivity contribution in [2.45, 2.75) is 25.4 Å². The highest BCUT2D eigenvalue weighted by atomic mass is 35.5. The second-order valence-corrected chi connectivity index (χ2v) is 7.33. The maximum absolute atomic E-state index is 12.9. The number of para-hydroxylation sites is 1. The van der Waals surface area contributed by atoms with E-state index in [0.29, 0.717) is 46.6 Å². The number of fused-ring (bicyclic) bond motifs is 1. The molecule has 142 valence electrons. The Morgan fingerprint density at radius 1 is 1.22 bits per heavy atom. The van der Waals surface area contributed by atoms with Gasteiger partial charge in [-0.3, -0.25) is 9.59 Å². The number of hydrogen-bond donors (Lipinski definition) is 1. The fraction of sp³-hybridized carbons (Fsp3) is 0.300.